The maximum absolute atomic E-state index is 4.68. The highest BCUT2D eigenvalue weighted by Crippen LogP contribution is 2.02. The van der Waals surface area contributed by atoms with Crippen LogP contribution in [-0.4, -0.2) is 40.7 Å². The molecule has 0 aromatic carbocycles. The predicted octanol–water partition coefficient (Wildman–Crippen LogP) is -0.137. The molecule has 13 heavy (non-hydrogen) atoms. The zero-order valence-electron chi connectivity index (χ0n) is 7.73. The third-order valence-electron chi connectivity index (χ3n) is 2.22. The summed E-state index contributed by atoms with van der Waals surface area (Å²) in [4.78, 5) is 6.32. The van der Waals surface area contributed by atoms with Gasteiger partial charge in [-0.25, -0.2) is 0 Å². The molecule has 1 aromatic heterocycles. The Hall–Kier alpha value is -0.940. The molecule has 2 heterocycles. The molecule has 1 N–H and O–H groups in total. The third-order valence-corrected chi connectivity index (χ3v) is 2.22. The number of nitrogens with zero attached hydrogens (tertiary/aromatic N) is 3. The zero-order valence-corrected chi connectivity index (χ0v) is 7.73. The lowest BCUT2D eigenvalue weighted by Crippen LogP contribution is -2.48. The van der Waals surface area contributed by atoms with Crippen molar-refractivity contribution in [3.05, 3.63) is 12.2 Å². The second kappa shape index (κ2) is 3.85. The Bertz CT molecular complexity index is 249. The molecule has 1 saturated heterocycles. The van der Waals surface area contributed by atoms with Crippen LogP contribution in [0.15, 0.2) is 10.9 Å². The Labute approximate surface area is 77.1 Å². The van der Waals surface area contributed by atoms with Gasteiger partial charge in [-0.3, -0.25) is 4.90 Å². The van der Waals surface area contributed by atoms with E-state index < -0.39 is 0 Å². The molecular weight excluding hydrogens is 168 g/mol. The molecule has 0 aliphatic carbocycles. The van der Waals surface area contributed by atoms with Gasteiger partial charge in [0.25, 0.3) is 0 Å². The van der Waals surface area contributed by atoms with E-state index in [9.17, 15) is 0 Å². The summed E-state index contributed by atoms with van der Waals surface area (Å²) in [5, 5.41) is 7.17. The standard InChI is InChI=1S/C8H14N4O/c1-7-4-12(3-2-9-7)5-8-10-6-13-11-8/h6-7,9H,2-5H2,1H3/t7-/m1/s1. The van der Waals surface area contributed by atoms with Crippen LogP contribution in [-0.2, 0) is 6.54 Å². The van der Waals surface area contributed by atoms with Crippen molar-refractivity contribution >= 4 is 0 Å². The molecule has 1 aliphatic heterocycles. The smallest absolute Gasteiger partial charge is 0.213 e. The van der Waals surface area contributed by atoms with Crippen LogP contribution in [0.1, 0.15) is 12.7 Å². The average Bonchev–Trinajstić information content (AvgIpc) is 2.57. The van der Waals surface area contributed by atoms with Crippen LogP contribution in [0.5, 0.6) is 0 Å². The Morgan fingerprint density at radius 1 is 1.77 bits per heavy atom. The van der Waals surface area contributed by atoms with Gasteiger partial charge >= 0.3 is 0 Å². The summed E-state index contributed by atoms with van der Waals surface area (Å²) in [7, 11) is 0. The minimum absolute atomic E-state index is 0.556. The van der Waals surface area contributed by atoms with Gasteiger partial charge in [0.1, 0.15) is 0 Å². The molecule has 1 fully saturated rings. The Morgan fingerprint density at radius 2 is 2.69 bits per heavy atom. The first-order chi connectivity index (χ1) is 6.34. The first-order valence-corrected chi connectivity index (χ1v) is 4.55. The first kappa shape index (κ1) is 8.65. The normalized spacial score (nSPS) is 24.8. The second-order valence-corrected chi connectivity index (χ2v) is 3.44. The molecule has 1 aromatic rings. The van der Waals surface area contributed by atoms with Crippen molar-refractivity contribution in [3.8, 4) is 0 Å². The first-order valence-electron chi connectivity index (χ1n) is 4.55. The fourth-order valence-electron chi connectivity index (χ4n) is 1.62. The number of nitrogens with one attached hydrogen (secondary N) is 1. The Kier molecular flexibility index (Phi) is 2.56. The predicted molar refractivity (Wildman–Crippen MR) is 47.0 cm³/mol. The van der Waals surface area contributed by atoms with Crippen molar-refractivity contribution in [3.63, 3.8) is 0 Å². The number of piperazine rings is 1. The van der Waals surface area contributed by atoms with Crippen LogP contribution >= 0.6 is 0 Å². The van der Waals surface area contributed by atoms with Crippen LogP contribution in [0.4, 0.5) is 0 Å². The van der Waals surface area contributed by atoms with E-state index in [0.29, 0.717) is 6.04 Å². The molecule has 0 unspecified atom stereocenters. The highest BCUT2D eigenvalue weighted by Gasteiger charge is 2.16. The van der Waals surface area contributed by atoms with Crippen molar-refractivity contribution in [2.75, 3.05) is 19.6 Å². The quantitative estimate of drug-likeness (QED) is 0.690. The molecule has 72 valence electrons. The summed E-state index contributed by atoms with van der Waals surface area (Å²) in [6.07, 6.45) is 1.38. The minimum atomic E-state index is 0.556. The van der Waals surface area contributed by atoms with E-state index in [1.807, 2.05) is 0 Å². The number of aromatic nitrogens is 2. The van der Waals surface area contributed by atoms with E-state index in [0.717, 1.165) is 32.0 Å². The largest absolute Gasteiger partial charge is 0.343 e. The lowest BCUT2D eigenvalue weighted by molar-refractivity contribution is 0.193. The molecule has 0 amide bonds. The van der Waals surface area contributed by atoms with Crippen molar-refractivity contribution in [2.45, 2.75) is 19.5 Å². The van der Waals surface area contributed by atoms with Gasteiger partial charge in [0.05, 0.1) is 6.54 Å². The van der Waals surface area contributed by atoms with Crippen molar-refractivity contribution in [2.24, 2.45) is 0 Å². The van der Waals surface area contributed by atoms with E-state index in [2.05, 4.69) is 31.8 Å². The SMILES string of the molecule is C[C@@H]1CN(Cc2ncon2)CCN1. The van der Waals surface area contributed by atoms with Gasteiger partial charge in [-0.15, -0.1) is 0 Å². The summed E-state index contributed by atoms with van der Waals surface area (Å²) in [5.41, 5.74) is 0. The maximum Gasteiger partial charge on any atom is 0.213 e. The summed E-state index contributed by atoms with van der Waals surface area (Å²) in [6, 6.07) is 0.556. The Balaban J connectivity index is 1.87. The van der Waals surface area contributed by atoms with Crippen LogP contribution in [0.3, 0.4) is 0 Å². The van der Waals surface area contributed by atoms with Gasteiger partial charge in [0.15, 0.2) is 5.82 Å². The van der Waals surface area contributed by atoms with Crippen molar-refractivity contribution in [1.29, 1.82) is 0 Å². The van der Waals surface area contributed by atoms with Gasteiger partial charge in [0.2, 0.25) is 6.39 Å². The van der Waals surface area contributed by atoms with E-state index in [1.54, 1.807) is 0 Å². The topological polar surface area (TPSA) is 54.2 Å². The molecule has 2 rings (SSSR count). The van der Waals surface area contributed by atoms with Crippen LogP contribution < -0.4 is 5.32 Å². The summed E-state index contributed by atoms with van der Waals surface area (Å²) in [5.74, 6) is 0.772. The van der Waals surface area contributed by atoms with Crippen molar-refractivity contribution < 1.29 is 4.52 Å². The maximum atomic E-state index is 4.68. The van der Waals surface area contributed by atoms with Crippen LogP contribution in [0.25, 0.3) is 0 Å². The summed E-state index contributed by atoms with van der Waals surface area (Å²) in [6.45, 7) is 6.12. The average molecular weight is 182 g/mol. The molecule has 5 nitrogen and oxygen atoms in total. The second-order valence-electron chi connectivity index (χ2n) is 3.44. The fourth-order valence-corrected chi connectivity index (χ4v) is 1.62. The fraction of sp³-hybridized carbons (Fsp3) is 0.750. The molecule has 5 heteroatoms. The van der Waals surface area contributed by atoms with E-state index in [-0.39, 0.29) is 0 Å². The molecule has 1 atom stereocenters. The lowest BCUT2D eigenvalue weighted by atomic mass is 10.2. The zero-order chi connectivity index (χ0) is 9.10. The third kappa shape index (κ3) is 2.26. The molecule has 0 saturated carbocycles. The minimum Gasteiger partial charge on any atom is -0.343 e. The van der Waals surface area contributed by atoms with Gasteiger partial charge < -0.3 is 9.84 Å². The molecular formula is C8H14N4O. The molecule has 0 spiro atoms. The Morgan fingerprint density at radius 3 is 3.38 bits per heavy atom. The van der Waals surface area contributed by atoms with E-state index >= 15 is 0 Å². The summed E-state index contributed by atoms with van der Waals surface area (Å²) >= 11 is 0. The van der Waals surface area contributed by atoms with Crippen LogP contribution in [0.2, 0.25) is 0 Å². The molecule has 0 radical (unpaired) electrons. The number of hydrogen-bond acceptors (Lipinski definition) is 5. The lowest BCUT2D eigenvalue weighted by Gasteiger charge is -2.30. The summed E-state index contributed by atoms with van der Waals surface area (Å²) < 4.78 is 4.68. The van der Waals surface area contributed by atoms with Gasteiger partial charge in [-0.05, 0) is 6.92 Å². The van der Waals surface area contributed by atoms with E-state index in [1.165, 1.54) is 6.39 Å². The highest BCUT2D eigenvalue weighted by molar-refractivity contribution is 4.82. The van der Waals surface area contributed by atoms with Crippen LogP contribution in [0, 0.1) is 0 Å². The molecule has 0 bridgehead atoms. The number of rotatable bonds is 2. The monoisotopic (exact) mass is 182 g/mol. The van der Waals surface area contributed by atoms with Gasteiger partial charge in [0, 0.05) is 25.7 Å². The molecule has 1 aliphatic rings. The number of hydrogen-bond donors (Lipinski definition) is 1. The van der Waals surface area contributed by atoms with Crippen molar-refractivity contribution in [1.82, 2.24) is 20.4 Å². The van der Waals surface area contributed by atoms with E-state index in [4.69, 9.17) is 0 Å². The van der Waals surface area contributed by atoms with Gasteiger partial charge in [-0.2, -0.15) is 4.98 Å². The highest BCUT2D eigenvalue weighted by atomic mass is 16.5. The van der Waals surface area contributed by atoms with Gasteiger partial charge in [-0.1, -0.05) is 5.16 Å².